The number of carbonyl (C=O) groups is 3. The Labute approximate surface area is 231 Å². The highest BCUT2D eigenvalue weighted by Gasteiger charge is 2.63. The summed E-state index contributed by atoms with van der Waals surface area (Å²) in [5, 5.41) is 29.1. The Morgan fingerprint density at radius 1 is 1.15 bits per heavy atom. The van der Waals surface area contributed by atoms with E-state index in [1.54, 1.807) is 13.8 Å². The van der Waals surface area contributed by atoms with Crippen LogP contribution in [0.5, 0.6) is 0 Å². The van der Waals surface area contributed by atoms with Crippen LogP contribution < -0.4 is 10.6 Å². The fourth-order valence-corrected chi connectivity index (χ4v) is 8.09. The molecule has 0 saturated heterocycles. The zero-order chi connectivity index (χ0) is 28.6. The van der Waals surface area contributed by atoms with Crippen molar-refractivity contribution in [3.8, 4) is 12.3 Å². The van der Waals surface area contributed by atoms with Gasteiger partial charge in [-0.3, -0.25) is 14.4 Å². The minimum Gasteiger partial charge on any atom is -0.480 e. The molecule has 0 aromatic heterocycles. The summed E-state index contributed by atoms with van der Waals surface area (Å²) in [5.41, 5.74) is 1.10. The van der Waals surface area contributed by atoms with Crippen LogP contribution in [0.1, 0.15) is 79.1 Å². The Bertz CT molecular complexity index is 1110. The number of nitrogens with one attached hydrogen (secondary N) is 2. The monoisotopic (exact) mass is 541 g/mol. The van der Waals surface area contributed by atoms with Gasteiger partial charge in [0.05, 0.1) is 5.71 Å². The summed E-state index contributed by atoms with van der Waals surface area (Å²) in [6, 6.07) is -0.866. The topological polar surface area (TPSA) is 137 Å². The van der Waals surface area contributed by atoms with Gasteiger partial charge in [-0.25, -0.2) is 0 Å². The predicted molar refractivity (Wildman–Crippen MR) is 146 cm³/mol. The van der Waals surface area contributed by atoms with Gasteiger partial charge in [-0.15, -0.1) is 6.42 Å². The van der Waals surface area contributed by atoms with Crippen molar-refractivity contribution in [3.63, 3.8) is 0 Å². The largest absolute Gasteiger partial charge is 0.480 e. The molecule has 0 aliphatic heterocycles. The van der Waals surface area contributed by atoms with E-state index in [-0.39, 0.29) is 23.4 Å². The number of amides is 2. The molecular weight excluding hydrogens is 498 g/mol. The van der Waals surface area contributed by atoms with E-state index in [0.29, 0.717) is 24.2 Å². The van der Waals surface area contributed by atoms with Gasteiger partial charge in [0.15, 0.2) is 6.61 Å². The number of aliphatic carboxylic acids is 1. The highest BCUT2D eigenvalue weighted by molar-refractivity contribution is 5.96. The van der Waals surface area contributed by atoms with Gasteiger partial charge < -0.3 is 25.7 Å². The number of aliphatic hydroxyl groups is 1. The molecule has 4 aliphatic rings. The molecule has 3 saturated carbocycles. The highest BCUT2D eigenvalue weighted by atomic mass is 16.6. The second-order valence-electron chi connectivity index (χ2n) is 12.8. The third-order valence-electron chi connectivity index (χ3n) is 10.4. The Kier molecular flexibility index (Phi) is 8.18. The van der Waals surface area contributed by atoms with E-state index in [0.717, 1.165) is 50.7 Å². The standard InChI is InChI=1S/C30H43N3O6/c1-6-30(38)14-11-23-21-8-7-19-15-20(9-12-28(19,4)22(21)10-13-29(23,30)5)33-39-17-24(34)32-26(18(2)3)27(37)31-16-25(35)36/h1,15,18,21-23,26,38H,7-14,16-17H2,2-5H3,(H,31,37)(H,32,34)(H,35,36)/b33-20-/t21-,22+,23-,26-,28+,29+,30-/m1/s1. The number of allylic oxidation sites excluding steroid dienone is 2. The molecule has 0 aromatic carbocycles. The van der Waals surface area contributed by atoms with Crippen molar-refractivity contribution in [1.29, 1.82) is 0 Å². The van der Waals surface area contributed by atoms with E-state index in [9.17, 15) is 19.5 Å². The summed E-state index contributed by atoms with van der Waals surface area (Å²) in [6.45, 7) is 7.28. The molecule has 3 fully saturated rings. The molecule has 9 nitrogen and oxygen atoms in total. The van der Waals surface area contributed by atoms with Crippen LogP contribution in [0.3, 0.4) is 0 Å². The maximum atomic E-state index is 12.4. The number of fused-ring (bicyclic) bond motifs is 5. The lowest BCUT2D eigenvalue weighted by Gasteiger charge is -2.58. The fourth-order valence-electron chi connectivity index (χ4n) is 8.09. The first-order chi connectivity index (χ1) is 18.3. The first kappa shape index (κ1) is 29.1. The Hall–Kier alpha value is -2.86. The van der Waals surface area contributed by atoms with E-state index in [1.807, 2.05) is 0 Å². The number of nitrogens with zero attached hydrogens (tertiary/aromatic N) is 1. The van der Waals surface area contributed by atoms with Gasteiger partial charge in [0.2, 0.25) is 5.91 Å². The summed E-state index contributed by atoms with van der Waals surface area (Å²) in [7, 11) is 0. The fraction of sp³-hybridized carbons (Fsp3) is 0.733. The number of hydrogen-bond acceptors (Lipinski definition) is 6. The van der Waals surface area contributed by atoms with Crippen molar-refractivity contribution in [2.24, 2.45) is 39.7 Å². The molecular formula is C30H43N3O6. The summed E-state index contributed by atoms with van der Waals surface area (Å²) < 4.78 is 0. The van der Waals surface area contributed by atoms with Crippen LogP contribution in [0.2, 0.25) is 0 Å². The van der Waals surface area contributed by atoms with Gasteiger partial charge in [-0.2, -0.15) is 0 Å². The zero-order valence-corrected chi connectivity index (χ0v) is 23.6. The van der Waals surface area contributed by atoms with Gasteiger partial charge in [-0.1, -0.05) is 44.3 Å². The first-order valence-electron chi connectivity index (χ1n) is 14.2. The summed E-state index contributed by atoms with van der Waals surface area (Å²) >= 11 is 0. The van der Waals surface area contributed by atoms with Crippen molar-refractivity contribution in [1.82, 2.24) is 10.6 Å². The predicted octanol–water partition coefficient (Wildman–Crippen LogP) is 3.03. The summed E-state index contributed by atoms with van der Waals surface area (Å²) in [6.07, 6.45) is 15.5. The third-order valence-corrected chi connectivity index (χ3v) is 10.4. The molecule has 4 aliphatic carbocycles. The van der Waals surface area contributed by atoms with Crippen LogP contribution in [0.25, 0.3) is 0 Å². The van der Waals surface area contributed by atoms with Crippen molar-refractivity contribution < 1.29 is 29.4 Å². The van der Waals surface area contributed by atoms with Crippen LogP contribution >= 0.6 is 0 Å². The Morgan fingerprint density at radius 3 is 2.54 bits per heavy atom. The average molecular weight is 542 g/mol. The zero-order valence-electron chi connectivity index (χ0n) is 23.6. The number of carboxylic acids is 1. The Morgan fingerprint density at radius 2 is 1.87 bits per heavy atom. The van der Waals surface area contributed by atoms with Gasteiger partial charge in [0, 0.05) is 5.41 Å². The molecule has 39 heavy (non-hydrogen) atoms. The molecule has 0 spiro atoms. The number of rotatable bonds is 8. The second kappa shape index (κ2) is 11.0. The maximum Gasteiger partial charge on any atom is 0.322 e. The van der Waals surface area contributed by atoms with Crippen molar-refractivity contribution >= 4 is 23.5 Å². The van der Waals surface area contributed by atoms with Crippen molar-refractivity contribution in [3.05, 3.63) is 11.6 Å². The van der Waals surface area contributed by atoms with Crippen LogP contribution in [0, 0.1) is 46.8 Å². The molecule has 0 heterocycles. The number of carbonyl (C=O) groups excluding carboxylic acids is 2. The van der Waals surface area contributed by atoms with E-state index in [2.05, 4.69) is 41.6 Å². The molecule has 214 valence electrons. The minimum atomic E-state index is -1.15. The van der Waals surface area contributed by atoms with Gasteiger partial charge in [-0.05, 0) is 86.5 Å². The number of oxime groups is 1. The van der Waals surface area contributed by atoms with Gasteiger partial charge in [0.1, 0.15) is 18.2 Å². The van der Waals surface area contributed by atoms with Crippen LogP contribution in [-0.2, 0) is 19.2 Å². The van der Waals surface area contributed by atoms with E-state index in [4.69, 9.17) is 16.4 Å². The van der Waals surface area contributed by atoms with Crippen molar-refractivity contribution in [2.75, 3.05) is 13.2 Å². The number of hydrogen-bond donors (Lipinski definition) is 4. The summed E-state index contributed by atoms with van der Waals surface area (Å²) in [5.74, 6) is 1.90. The quantitative estimate of drug-likeness (QED) is 0.275. The molecule has 2 amide bonds. The van der Waals surface area contributed by atoms with Crippen LogP contribution in [-0.4, -0.2) is 58.5 Å². The number of terminal acetylenes is 1. The smallest absolute Gasteiger partial charge is 0.322 e. The molecule has 0 radical (unpaired) electrons. The molecule has 9 heteroatoms. The van der Waals surface area contributed by atoms with Crippen LogP contribution in [0.15, 0.2) is 16.8 Å². The molecule has 0 unspecified atom stereocenters. The Balaban J connectivity index is 1.36. The van der Waals surface area contributed by atoms with Gasteiger partial charge in [0.25, 0.3) is 5.91 Å². The minimum absolute atomic E-state index is 0.0886. The van der Waals surface area contributed by atoms with Crippen molar-refractivity contribution in [2.45, 2.75) is 90.7 Å². The first-order valence-corrected chi connectivity index (χ1v) is 14.2. The lowest BCUT2D eigenvalue weighted by molar-refractivity contribution is -0.138. The number of carboxylic acid groups (broad SMARTS) is 1. The van der Waals surface area contributed by atoms with Gasteiger partial charge >= 0.3 is 5.97 Å². The highest BCUT2D eigenvalue weighted by Crippen LogP contribution is 2.67. The average Bonchev–Trinajstić information content (AvgIpc) is 3.16. The molecule has 7 atom stereocenters. The van der Waals surface area contributed by atoms with E-state index < -0.39 is 36.0 Å². The third kappa shape index (κ3) is 5.32. The maximum absolute atomic E-state index is 12.4. The molecule has 4 rings (SSSR count). The lowest BCUT2D eigenvalue weighted by Crippen LogP contribution is -2.54. The normalized spacial score (nSPS) is 37.0. The lowest BCUT2D eigenvalue weighted by atomic mass is 9.46. The molecule has 4 N–H and O–H groups in total. The van der Waals surface area contributed by atoms with E-state index >= 15 is 0 Å². The van der Waals surface area contributed by atoms with Crippen LogP contribution in [0.4, 0.5) is 0 Å². The molecule has 0 aromatic rings. The summed E-state index contributed by atoms with van der Waals surface area (Å²) in [4.78, 5) is 40.8. The second-order valence-corrected chi connectivity index (χ2v) is 12.8. The SMILES string of the molecule is C#C[C@@]1(O)CC[C@@H]2[C@@H]3CCC4=C/C(=N\OCC(=O)N[C@@H](C(=O)NCC(=O)O)C(C)C)CC[C@]4(C)[C@H]3CC[C@@]21C. The molecule has 0 bridgehead atoms. The van der Waals surface area contributed by atoms with E-state index in [1.165, 1.54) is 5.57 Å².